The molecule has 0 unspecified atom stereocenters. The molecule has 0 aliphatic heterocycles. The Bertz CT molecular complexity index is 662. The number of hydrogen-bond acceptors (Lipinski definition) is 5. The van der Waals surface area contributed by atoms with Crippen molar-refractivity contribution in [1.29, 1.82) is 0 Å². The van der Waals surface area contributed by atoms with Crippen molar-refractivity contribution in [1.82, 2.24) is 29.5 Å². The second-order valence-electron chi connectivity index (χ2n) is 4.21. The molecular formula is C10H9F5N6O. The molecule has 0 saturated heterocycles. The second kappa shape index (κ2) is 5.42. The highest BCUT2D eigenvalue weighted by Crippen LogP contribution is 2.43. The Morgan fingerprint density at radius 1 is 1.27 bits per heavy atom. The Kier molecular flexibility index (Phi) is 3.94. The molecule has 0 bridgehead atoms. The van der Waals surface area contributed by atoms with Crippen LogP contribution in [0.5, 0.6) is 0 Å². The molecule has 0 fully saturated rings. The average molecular weight is 324 g/mol. The van der Waals surface area contributed by atoms with Crippen LogP contribution in [0.2, 0.25) is 0 Å². The summed E-state index contributed by atoms with van der Waals surface area (Å²) in [7, 11) is 0. The Morgan fingerprint density at radius 3 is 2.45 bits per heavy atom. The highest BCUT2D eigenvalue weighted by molar-refractivity contribution is 5.77. The highest BCUT2D eigenvalue weighted by Gasteiger charge is 2.62. The van der Waals surface area contributed by atoms with Crippen LogP contribution in [0.15, 0.2) is 12.7 Å². The Hall–Kier alpha value is -2.40. The number of hydrogen-bond donors (Lipinski definition) is 0. The zero-order chi connectivity index (χ0) is 16.5. The van der Waals surface area contributed by atoms with E-state index in [2.05, 4.69) is 20.2 Å². The van der Waals surface area contributed by atoms with Gasteiger partial charge in [-0.15, -0.1) is 5.10 Å². The van der Waals surface area contributed by atoms with Gasteiger partial charge in [-0.3, -0.25) is 0 Å². The lowest BCUT2D eigenvalue weighted by Gasteiger charge is -2.18. The van der Waals surface area contributed by atoms with E-state index in [1.54, 1.807) is 6.92 Å². The molecule has 0 spiro atoms. The quantitative estimate of drug-likeness (QED) is 0.807. The SMILES string of the molecule is CCCc1nc(C(F)(F)C(F)(F)F)n(C(=O)n2cncn2)n1. The summed E-state index contributed by atoms with van der Waals surface area (Å²) >= 11 is 0. The van der Waals surface area contributed by atoms with Crippen molar-refractivity contribution in [3.05, 3.63) is 24.3 Å². The normalized spacial score (nSPS) is 12.6. The van der Waals surface area contributed by atoms with Gasteiger partial charge in [0.25, 0.3) is 0 Å². The standard InChI is InChI=1S/C10H9F5N6O/c1-2-3-6-18-7(9(11,12)10(13,14)15)21(19-6)8(22)20-5-16-4-17-20/h4-5H,2-3H2,1H3. The van der Waals surface area contributed by atoms with Crippen LogP contribution in [0.4, 0.5) is 26.7 Å². The molecule has 2 aromatic heterocycles. The van der Waals surface area contributed by atoms with E-state index in [-0.39, 0.29) is 16.9 Å². The van der Waals surface area contributed by atoms with Crippen LogP contribution in [0.1, 0.15) is 25.0 Å². The Morgan fingerprint density at radius 2 is 1.95 bits per heavy atom. The molecule has 7 nitrogen and oxygen atoms in total. The van der Waals surface area contributed by atoms with Gasteiger partial charge in [0.15, 0.2) is 5.82 Å². The van der Waals surface area contributed by atoms with E-state index < -0.39 is 24.0 Å². The molecule has 120 valence electrons. The number of nitrogens with zero attached hydrogens (tertiary/aromatic N) is 6. The van der Waals surface area contributed by atoms with Gasteiger partial charge in [-0.1, -0.05) is 6.92 Å². The Balaban J connectivity index is 2.55. The van der Waals surface area contributed by atoms with Gasteiger partial charge in [-0.2, -0.15) is 36.4 Å². The van der Waals surface area contributed by atoms with Crippen LogP contribution in [0.3, 0.4) is 0 Å². The van der Waals surface area contributed by atoms with Crippen molar-refractivity contribution in [2.24, 2.45) is 0 Å². The molecule has 0 saturated carbocycles. The third kappa shape index (κ3) is 2.67. The molecule has 0 N–H and O–H groups in total. The number of carbonyl (C=O) groups is 1. The monoisotopic (exact) mass is 324 g/mol. The van der Waals surface area contributed by atoms with Crippen molar-refractivity contribution in [3.63, 3.8) is 0 Å². The fourth-order valence-electron chi connectivity index (χ4n) is 1.55. The van der Waals surface area contributed by atoms with Gasteiger partial charge < -0.3 is 0 Å². The van der Waals surface area contributed by atoms with Gasteiger partial charge in [-0.25, -0.2) is 14.8 Å². The van der Waals surface area contributed by atoms with E-state index in [1.165, 1.54) is 0 Å². The lowest BCUT2D eigenvalue weighted by atomic mass is 10.3. The van der Waals surface area contributed by atoms with Gasteiger partial charge in [0.1, 0.15) is 12.7 Å². The summed E-state index contributed by atoms with van der Waals surface area (Å²) in [6.45, 7) is 1.65. The lowest BCUT2D eigenvalue weighted by molar-refractivity contribution is -0.293. The lowest BCUT2D eigenvalue weighted by Crippen LogP contribution is -2.38. The van der Waals surface area contributed by atoms with Crippen LogP contribution in [0.25, 0.3) is 0 Å². The molecule has 0 amide bonds. The molecule has 0 aromatic carbocycles. The summed E-state index contributed by atoms with van der Waals surface area (Å²) < 4.78 is 65.0. The summed E-state index contributed by atoms with van der Waals surface area (Å²) in [4.78, 5) is 18.5. The molecule has 0 radical (unpaired) electrons. The van der Waals surface area contributed by atoms with Crippen LogP contribution in [0, 0.1) is 0 Å². The number of alkyl halides is 5. The van der Waals surface area contributed by atoms with Gasteiger partial charge in [-0.05, 0) is 6.42 Å². The summed E-state index contributed by atoms with van der Waals surface area (Å²) in [6, 6.07) is -1.34. The Labute approximate surface area is 119 Å². The number of carbonyl (C=O) groups excluding carboxylic acids is 1. The van der Waals surface area contributed by atoms with E-state index in [0.29, 0.717) is 11.1 Å². The molecule has 0 aliphatic rings. The van der Waals surface area contributed by atoms with E-state index in [4.69, 9.17) is 0 Å². The van der Waals surface area contributed by atoms with Crippen LogP contribution < -0.4 is 0 Å². The number of aryl methyl sites for hydroxylation is 1. The predicted octanol–water partition coefficient (Wildman–Crippen LogP) is 1.99. The largest absolute Gasteiger partial charge is 0.461 e. The molecule has 22 heavy (non-hydrogen) atoms. The van der Waals surface area contributed by atoms with Crippen LogP contribution >= 0.6 is 0 Å². The van der Waals surface area contributed by atoms with E-state index >= 15 is 0 Å². The smallest absolute Gasteiger partial charge is 0.243 e. The third-order valence-electron chi connectivity index (χ3n) is 2.56. The fraction of sp³-hybridized carbons (Fsp3) is 0.500. The van der Waals surface area contributed by atoms with Crippen LogP contribution in [-0.2, 0) is 12.3 Å². The second-order valence-corrected chi connectivity index (χ2v) is 4.21. The first-order valence-electron chi connectivity index (χ1n) is 5.98. The fourth-order valence-corrected chi connectivity index (χ4v) is 1.55. The molecule has 0 atom stereocenters. The van der Waals surface area contributed by atoms with E-state index in [0.717, 1.165) is 12.7 Å². The van der Waals surface area contributed by atoms with Crippen molar-refractivity contribution >= 4 is 6.03 Å². The number of rotatable bonds is 3. The van der Waals surface area contributed by atoms with Gasteiger partial charge in [0.2, 0.25) is 5.82 Å². The van der Waals surface area contributed by atoms with Gasteiger partial charge >= 0.3 is 18.1 Å². The zero-order valence-electron chi connectivity index (χ0n) is 11.1. The van der Waals surface area contributed by atoms with Crippen molar-refractivity contribution < 1.29 is 26.7 Å². The number of halogens is 5. The molecule has 0 aliphatic carbocycles. The molecule has 2 aromatic rings. The van der Waals surface area contributed by atoms with Crippen molar-refractivity contribution in [2.45, 2.75) is 31.9 Å². The first-order valence-corrected chi connectivity index (χ1v) is 5.98. The summed E-state index contributed by atoms with van der Waals surface area (Å²) in [5, 5.41) is 6.80. The maximum Gasteiger partial charge on any atom is 0.461 e. The predicted molar refractivity (Wildman–Crippen MR) is 60.2 cm³/mol. The minimum Gasteiger partial charge on any atom is -0.243 e. The average Bonchev–Trinajstić information content (AvgIpc) is 3.06. The summed E-state index contributed by atoms with van der Waals surface area (Å²) in [5.41, 5.74) is 0. The molecular weight excluding hydrogens is 315 g/mol. The van der Waals surface area contributed by atoms with E-state index in [1.807, 2.05) is 0 Å². The first-order chi connectivity index (χ1) is 10.2. The van der Waals surface area contributed by atoms with Crippen molar-refractivity contribution in [3.8, 4) is 0 Å². The molecule has 2 rings (SSSR count). The molecule has 12 heteroatoms. The topological polar surface area (TPSA) is 78.5 Å². The molecule has 2 heterocycles. The summed E-state index contributed by atoms with van der Waals surface area (Å²) in [5.74, 6) is -7.43. The van der Waals surface area contributed by atoms with Crippen LogP contribution in [-0.4, -0.2) is 41.7 Å². The van der Waals surface area contributed by atoms with Gasteiger partial charge in [0.05, 0.1) is 0 Å². The van der Waals surface area contributed by atoms with Crippen molar-refractivity contribution in [2.75, 3.05) is 0 Å². The van der Waals surface area contributed by atoms with E-state index in [9.17, 15) is 26.7 Å². The minimum atomic E-state index is -5.91. The third-order valence-corrected chi connectivity index (χ3v) is 2.56. The maximum atomic E-state index is 13.5. The zero-order valence-corrected chi connectivity index (χ0v) is 11.1. The number of aromatic nitrogens is 6. The first kappa shape index (κ1) is 16.0. The summed E-state index contributed by atoms with van der Waals surface area (Å²) in [6.07, 6.45) is -3.70. The highest BCUT2D eigenvalue weighted by atomic mass is 19.4. The maximum absolute atomic E-state index is 13.5. The minimum absolute atomic E-state index is 0.0403. The van der Waals surface area contributed by atoms with Gasteiger partial charge in [0, 0.05) is 6.42 Å².